The maximum Gasteiger partial charge on any atom is 0.137 e. The van der Waals surface area contributed by atoms with E-state index in [0.717, 1.165) is 11.1 Å². The van der Waals surface area contributed by atoms with Crippen molar-refractivity contribution in [2.75, 3.05) is 6.61 Å². The predicted octanol–water partition coefficient (Wildman–Crippen LogP) is 4.30. The van der Waals surface area contributed by atoms with Crippen LogP contribution in [0.1, 0.15) is 6.42 Å². The summed E-state index contributed by atoms with van der Waals surface area (Å²) >= 11 is 6.15. The van der Waals surface area contributed by atoms with Gasteiger partial charge in [0, 0.05) is 0 Å². The third kappa shape index (κ3) is 3.03. The molecule has 0 unspecified atom stereocenters. The molecule has 2 nitrogen and oxygen atoms in total. The van der Waals surface area contributed by atoms with E-state index >= 15 is 0 Å². The Morgan fingerprint density at radius 2 is 1.83 bits per heavy atom. The fourth-order valence-electron chi connectivity index (χ4n) is 1.63. The van der Waals surface area contributed by atoms with Crippen LogP contribution in [-0.2, 0) is 0 Å². The van der Waals surface area contributed by atoms with Gasteiger partial charge in [0.25, 0.3) is 0 Å². The van der Waals surface area contributed by atoms with Crippen LogP contribution in [0.25, 0.3) is 11.1 Å². The standard InChI is InChI=1S/C15H12ClNO/c16-14-11-13(12-5-2-1-3-6-12)7-8-15(14)18-10-4-9-17/h1-3,5-8,11H,4,10H2. The van der Waals surface area contributed by atoms with Gasteiger partial charge in [-0.3, -0.25) is 0 Å². The van der Waals surface area contributed by atoms with E-state index in [1.165, 1.54) is 0 Å². The monoisotopic (exact) mass is 257 g/mol. The molecule has 0 aromatic heterocycles. The molecule has 0 bridgehead atoms. The number of halogens is 1. The van der Waals surface area contributed by atoms with Crippen molar-refractivity contribution in [2.45, 2.75) is 6.42 Å². The zero-order valence-electron chi connectivity index (χ0n) is 9.77. The van der Waals surface area contributed by atoms with Crippen LogP contribution in [0.5, 0.6) is 5.75 Å². The van der Waals surface area contributed by atoms with Gasteiger partial charge < -0.3 is 4.74 Å². The fourth-order valence-corrected chi connectivity index (χ4v) is 1.87. The third-order valence-corrected chi connectivity index (χ3v) is 2.81. The lowest BCUT2D eigenvalue weighted by molar-refractivity contribution is 0.327. The summed E-state index contributed by atoms with van der Waals surface area (Å²) in [6, 6.07) is 17.7. The van der Waals surface area contributed by atoms with Crippen molar-refractivity contribution in [3.63, 3.8) is 0 Å². The van der Waals surface area contributed by atoms with E-state index in [1.54, 1.807) is 0 Å². The van der Waals surface area contributed by atoms with E-state index in [0.29, 0.717) is 23.8 Å². The first-order valence-electron chi connectivity index (χ1n) is 5.66. The molecular formula is C15H12ClNO. The van der Waals surface area contributed by atoms with Crippen molar-refractivity contribution >= 4 is 11.6 Å². The highest BCUT2D eigenvalue weighted by Crippen LogP contribution is 2.30. The molecule has 2 rings (SSSR count). The summed E-state index contributed by atoms with van der Waals surface area (Å²) in [5.74, 6) is 0.617. The predicted molar refractivity (Wildman–Crippen MR) is 72.6 cm³/mol. The van der Waals surface area contributed by atoms with Crippen LogP contribution in [0.3, 0.4) is 0 Å². The van der Waals surface area contributed by atoms with Crippen molar-refractivity contribution < 1.29 is 4.74 Å². The molecule has 18 heavy (non-hydrogen) atoms. The van der Waals surface area contributed by atoms with Crippen LogP contribution in [0.15, 0.2) is 48.5 Å². The van der Waals surface area contributed by atoms with E-state index in [-0.39, 0.29) is 0 Å². The van der Waals surface area contributed by atoms with Crippen molar-refractivity contribution in [2.24, 2.45) is 0 Å². The van der Waals surface area contributed by atoms with E-state index in [9.17, 15) is 0 Å². The molecule has 0 heterocycles. The first-order chi connectivity index (χ1) is 8.81. The van der Waals surface area contributed by atoms with Crippen LogP contribution in [0, 0.1) is 11.3 Å². The van der Waals surface area contributed by atoms with Gasteiger partial charge in [0.15, 0.2) is 0 Å². The SMILES string of the molecule is N#CCCOc1ccc(-c2ccccc2)cc1Cl. The molecule has 3 heteroatoms. The second-order valence-electron chi connectivity index (χ2n) is 3.77. The quantitative estimate of drug-likeness (QED) is 0.765. The van der Waals surface area contributed by atoms with E-state index < -0.39 is 0 Å². The van der Waals surface area contributed by atoms with Gasteiger partial charge in [0.2, 0.25) is 0 Å². The average molecular weight is 258 g/mol. The summed E-state index contributed by atoms with van der Waals surface area (Å²) in [4.78, 5) is 0. The van der Waals surface area contributed by atoms with Gasteiger partial charge >= 0.3 is 0 Å². The van der Waals surface area contributed by atoms with Gasteiger partial charge in [-0.2, -0.15) is 5.26 Å². The van der Waals surface area contributed by atoms with Crippen LogP contribution in [0.2, 0.25) is 5.02 Å². The summed E-state index contributed by atoms with van der Waals surface area (Å²) in [6.07, 6.45) is 0.358. The molecule has 0 saturated heterocycles. The lowest BCUT2D eigenvalue weighted by atomic mass is 10.1. The fraction of sp³-hybridized carbons (Fsp3) is 0.133. The van der Waals surface area contributed by atoms with Crippen LogP contribution < -0.4 is 4.74 Å². The van der Waals surface area contributed by atoms with Crippen molar-refractivity contribution in [3.05, 3.63) is 53.6 Å². The second-order valence-corrected chi connectivity index (χ2v) is 4.18. The maximum absolute atomic E-state index is 8.44. The van der Waals surface area contributed by atoms with E-state index in [1.807, 2.05) is 54.6 Å². The van der Waals surface area contributed by atoms with E-state index in [4.69, 9.17) is 21.6 Å². The Hall–Kier alpha value is -1.98. The first-order valence-corrected chi connectivity index (χ1v) is 6.04. The Balaban J connectivity index is 2.18. The van der Waals surface area contributed by atoms with Gasteiger partial charge in [0.05, 0.1) is 17.5 Å². The number of ether oxygens (including phenoxy) is 1. The summed E-state index contributed by atoms with van der Waals surface area (Å²) in [5.41, 5.74) is 2.16. The minimum atomic E-state index is 0.358. The average Bonchev–Trinajstić information content (AvgIpc) is 2.42. The molecule has 2 aromatic carbocycles. The Bertz CT molecular complexity index is 560. The zero-order valence-corrected chi connectivity index (χ0v) is 10.5. The number of hydrogen-bond donors (Lipinski definition) is 0. The van der Waals surface area contributed by atoms with Gasteiger partial charge in [0.1, 0.15) is 12.4 Å². The molecule has 90 valence electrons. The summed E-state index contributed by atoms with van der Waals surface area (Å²) in [5, 5.41) is 9.01. The maximum atomic E-state index is 8.44. The third-order valence-electron chi connectivity index (χ3n) is 2.51. The molecule has 0 fully saturated rings. The molecule has 0 atom stereocenters. The first kappa shape index (κ1) is 12.5. The highest BCUT2D eigenvalue weighted by molar-refractivity contribution is 6.32. The van der Waals surface area contributed by atoms with Crippen molar-refractivity contribution in [1.29, 1.82) is 5.26 Å². The Kier molecular flexibility index (Phi) is 4.22. The highest BCUT2D eigenvalue weighted by atomic mass is 35.5. The topological polar surface area (TPSA) is 33.0 Å². The summed E-state index contributed by atoms with van der Waals surface area (Å²) in [6.45, 7) is 0.362. The van der Waals surface area contributed by atoms with E-state index in [2.05, 4.69) is 0 Å². The van der Waals surface area contributed by atoms with Crippen molar-refractivity contribution in [1.82, 2.24) is 0 Å². The summed E-state index contributed by atoms with van der Waals surface area (Å²) < 4.78 is 5.41. The molecule has 0 spiro atoms. The van der Waals surface area contributed by atoms with Gasteiger partial charge in [-0.25, -0.2) is 0 Å². The minimum absolute atomic E-state index is 0.358. The molecule has 0 N–H and O–H groups in total. The zero-order chi connectivity index (χ0) is 12.8. The second kappa shape index (κ2) is 6.09. The van der Waals surface area contributed by atoms with Crippen molar-refractivity contribution in [3.8, 4) is 22.9 Å². The lowest BCUT2D eigenvalue weighted by Crippen LogP contribution is -1.96. The number of nitrogens with zero attached hydrogens (tertiary/aromatic N) is 1. The van der Waals surface area contributed by atoms with Crippen LogP contribution >= 0.6 is 11.6 Å². The molecule has 0 aliphatic rings. The molecule has 2 aromatic rings. The Morgan fingerprint density at radius 3 is 2.50 bits per heavy atom. The number of rotatable bonds is 4. The number of hydrogen-bond acceptors (Lipinski definition) is 2. The molecule has 0 amide bonds. The van der Waals surface area contributed by atoms with Gasteiger partial charge in [-0.05, 0) is 23.3 Å². The molecule has 0 radical (unpaired) electrons. The normalized spacial score (nSPS) is 9.78. The smallest absolute Gasteiger partial charge is 0.137 e. The largest absolute Gasteiger partial charge is 0.491 e. The summed E-state index contributed by atoms with van der Waals surface area (Å²) in [7, 11) is 0. The molecule has 0 aliphatic carbocycles. The van der Waals surface area contributed by atoms with Crippen LogP contribution in [0.4, 0.5) is 0 Å². The minimum Gasteiger partial charge on any atom is -0.491 e. The number of benzene rings is 2. The van der Waals surface area contributed by atoms with Gasteiger partial charge in [-0.15, -0.1) is 0 Å². The van der Waals surface area contributed by atoms with Crippen LogP contribution in [-0.4, -0.2) is 6.61 Å². The Morgan fingerprint density at radius 1 is 1.06 bits per heavy atom. The molecular weight excluding hydrogens is 246 g/mol. The highest BCUT2D eigenvalue weighted by Gasteiger charge is 2.04. The van der Waals surface area contributed by atoms with Gasteiger partial charge in [-0.1, -0.05) is 48.0 Å². The molecule has 0 saturated carbocycles. The lowest BCUT2D eigenvalue weighted by Gasteiger charge is -2.08. The Labute approximate surface area is 111 Å². The number of nitriles is 1. The molecule has 0 aliphatic heterocycles.